The van der Waals surface area contributed by atoms with Crippen LogP contribution in [-0.2, 0) is 35.3 Å². The molecule has 2 rings (SSSR count). The summed E-state index contributed by atoms with van der Waals surface area (Å²) < 4.78 is 25.1. The Morgan fingerprint density at radius 2 is 1.70 bits per heavy atom. The second-order valence-electron chi connectivity index (χ2n) is 7.31. The van der Waals surface area contributed by atoms with Crippen molar-refractivity contribution in [2.75, 3.05) is 7.11 Å². The Balaban J connectivity index is 2.04. The molecule has 0 fully saturated rings. The fourth-order valence-corrected chi connectivity index (χ4v) is 2.96. The maximum absolute atomic E-state index is 12.9. The van der Waals surface area contributed by atoms with E-state index in [2.05, 4.69) is 5.32 Å². The van der Waals surface area contributed by atoms with Crippen molar-refractivity contribution in [1.29, 1.82) is 0 Å². The van der Waals surface area contributed by atoms with E-state index < -0.39 is 61.0 Å². The molecule has 9 heteroatoms. The number of hydrogen-bond acceptors (Lipinski definition) is 8. The van der Waals surface area contributed by atoms with Crippen molar-refractivity contribution in [2.24, 2.45) is 17.4 Å². The molecule has 176 valence electrons. The zero-order valence-electron chi connectivity index (χ0n) is 20.2. The summed E-state index contributed by atoms with van der Waals surface area (Å²) in [5, 5.41) is 2.46. The van der Waals surface area contributed by atoms with Gasteiger partial charge in [-0.3, -0.25) is 14.4 Å². The molecule has 0 aliphatic rings. The van der Waals surface area contributed by atoms with Gasteiger partial charge in [0.1, 0.15) is 8.02 Å². The molecule has 2 aromatic rings. The van der Waals surface area contributed by atoms with Crippen LogP contribution in [0.25, 0.3) is 0 Å². The average molecular weight is 458 g/mol. The van der Waals surface area contributed by atoms with E-state index in [9.17, 15) is 19.2 Å². The van der Waals surface area contributed by atoms with Gasteiger partial charge in [-0.15, -0.1) is 0 Å². The lowest BCUT2D eigenvalue weighted by atomic mass is 9.91. The average Bonchev–Trinajstić information content (AvgIpc) is 2.89. The number of ether oxygens (including phenoxy) is 2. The highest BCUT2D eigenvalue weighted by atomic mass is 16.5. The minimum absolute atomic E-state index is 0.00320. The Kier molecular flexibility index (Phi) is 8.55. The van der Waals surface area contributed by atoms with Crippen molar-refractivity contribution in [3.63, 3.8) is 0 Å². The minimum atomic E-state index is -1.51. The van der Waals surface area contributed by atoms with Crippen LogP contribution in [0, 0.1) is 5.92 Å². The molecular formula is C24H29N3O6. The fourth-order valence-electron chi connectivity index (χ4n) is 2.96. The zero-order chi connectivity index (χ0) is 25.8. The van der Waals surface area contributed by atoms with Crippen molar-refractivity contribution in [3.8, 4) is 0 Å². The monoisotopic (exact) mass is 457 g/mol. The molecule has 0 aromatic heterocycles. The van der Waals surface area contributed by atoms with Gasteiger partial charge in [0.2, 0.25) is 5.91 Å². The highest BCUT2D eigenvalue weighted by molar-refractivity contribution is 5.96. The first-order valence-corrected chi connectivity index (χ1v) is 10.2. The number of nitrogens with two attached hydrogens (primary N) is 2. The predicted octanol–water partition coefficient (Wildman–Crippen LogP) is 1.01. The fraction of sp³-hybridized carbons (Fsp3) is 0.333. The van der Waals surface area contributed by atoms with Crippen LogP contribution in [0.15, 0.2) is 60.7 Å². The lowest BCUT2D eigenvalue weighted by molar-refractivity contribution is -0.147. The molecule has 0 saturated heterocycles. The quantitative estimate of drug-likeness (QED) is 0.400. The molecule has 4 atom stereocenters. The Hall–Kier alpha value is -3.56. The van der Waals surface area contributed by atoms with Crippen LogP contribution < -0.4 is 16.8 Å². The number of ketones is 1. The molecule has 3 unspecified atom stereocenters. The molecule has 9 nitrogen and oxygen atoms in total. The van der Waals surface area contributed by atoms with Crippen LogP contribution in [0.2, 0.25) is 1.41 Å². The standard InChI is InChI=1S/C24H29N3O6/c1-15(22(29)18(25)13-19(28)33-14-16-9-5-3-6-10-16)20(26)23(30)27-21(24(31)32-2)17-11-7-4-8-12-17/h3-12,15,18,20-21H,13-14,25-26H2,1-2H3,(H,27,30)/t15?,18-,20?,21?/m0/s1/i1D/hD. The lowest BCUT2D eigenvalue weighted by Gasteiger charge is -2.24. The largest absolute Gasteiger partial charge is 0.467 e. The molecule has 0 radical (unpaired) electrons. The number of Topliss-reactive ketones (excluding diaryl/α,β-unsaturated/α-hetero) is 1. The number of nitrogens with one attached hydrogen (secondary N) is 1. The Labute approximate surface area is 195 Å². The maximum Gasteiger partial charge on any atom is 0.333 e. The number of carbonyl (C=O) groups is 4. The molecule has 0 heterocycles. The molecule has 5 N–H and O–H groups in total. The third-order valence-electron chi connectivity index (χ3n) is 4.91. The number of hydrogen-bond donors (Lipinski definition) is 3. The highest BCUT2D eigenvalue weighted by Crippen LogP contribution is 2.16. The van der Waals surface area contributed by atoms with Gasteiger partial charge < -0.3 is 26.3 Å². The summed E-state index contributed by atoms with van der Waals surface area (Å²) in [6.07, 6.45) is -0.477. The van der Waals surface area contributed by atoms with Gasteiger partial charge in [-0.1, -0.05) is 67.6 Å². The number of methoxy groups -OCH3 is 1. The third kappa shape index (κ3) is 7.51. The number of amides is 1. The second kappa shape index (κ2) is 12.5. The number of esters is 2. The smallest absolute Gasteiger partial charge is 0.333 e. The molecule has 0 aliphatic heterocycles. The Morgan fingerprint density at radius 1 is 1.06 bits per heavy atom. The van der Waals surface area contributed by atoms with Gasteiger partial charge in [0, 0.05) is 7.29 Å². The first-order valence-electron chi connectivity index (χ1n) is 11.4. The maximum atomic E-state index is 12.9. The van der Waals surface area contributed by atoms with E-state index in [1.165, 1.54) is 7.11 Å². The molecular weight excluding hydrogens is 426 g/mol. The van der Waals surface area contributed by atoms with Gasteiger partial charge in [0.05, 0.1) is 25.6 Å². The number of carbonyl (C=O) groups excluding carboxylic acids is 4. The molecule has 0 bridgehead atoms. The predicted molar refractivity (Wildman–Crippen MR) is 120 cm³/mol. The summed E-state index contributed by atoms with van der Waals surface area (Å²) in [7, 11) is 1.17. The van der Waals surface area contributed by atoms with Crippen molar-refractivity contribution in [1.82, 2.24) is 5.32 Å². The Bertz CT molecular complexity index is 993. The topological polar surface area (TPSA) is 151 Å². The van der Waals surface area contributed by atoms with Crippen molar-refractivity contribution in [3.05, 3.63) is 71.8 Å². The van der Waals surface area contributed by atoms with E-state index in [4.69, 9.17) is 18.0 Å². The van der Waals surface area contributed by atoms with Crippen molar-refractivity contribution >= 4 is 23.6 Å². The summed E-state index contributed by atoms with van der Waals surface area (Å²) >= 11 is 0. The van der Waals surface area contributed by atoms with Gasteiger partial charge >= 0.3 is 11.9 Å². The normalized spacial score (nSPS) is 15.1. The SMILES string of the molecule is [2H]CC(C(=O)[C@H](CC(=O)OCc1ccccc1)N[2H])C(N)C(=O)NC(C(=O)OC)c1ccccc1. The van der Waals surface area contributed by atoms with Crippen LogP contribution in [0.5, 0.6) is 0 Å². The summed E-state index contributed by atoms with van der Waals surface area (Å²) in [5.74, 6) is -4.43. The van der Waals surface area contributed by atoms with E-state index in [1.807, 2.05) is 11.8 Å². The molecule has 1 amide bonds. The molecule has 0 saturated carbocycles. The summed E-state index contributed by atoms with van der Waals surface area (Å²) in [5.41, 5.74) is 9.18. The highest BCUT2D eigenvalue weighted by Gasteiger charge is 2.33. The first-order chi connectivity index (χ1) is 16.8. The number of benzene rings is 2. The first kappa shape index (κ1) is 22.6. The summed E-state index contributed by atoms with van der Waals surface area (Å²) in [4.78, 5) is 50.2. The van der Waals surface area contributed by atoms with E-state index in [1.54, 1.807) is 54.6 Å². The van der Waals surface area contributed by atoms with E-state index in [-0.39, 0.29) is 6.61 Å². The minimum Gasteiger partial charge on any atom is -0.467 e. The lowest BCUT2D eigenvalue weighted by Crippen LogP contribution is -2.52. The van der Waals surface area contributed by atoms with Gasteiger partial charge in [0.25, 0.3) is 0 Å². The molecule has 2 aromatic carbocycles. The van der Waals surface area contributed by atoms with Crippen LogP contribution >= 0.6 is 0 Å². The summed E-state index contributed by atoms with van der Waals surface area (Å²) in [6, 6.07) is 13.2. The van der Waals surface area contributed by atoms with Crippen LogP contribution in [0.3, 0.4) is 0 Å². The van der Waals surface area contributed by atoms with Gasteiger partial charge in [-0.05, 0) is 11.1 Å². The zero-order valence-corrected chi connectivity index (χ0v) is 18.2. The van der Waals surface area contributed by atoms with Gasteiger partial charge in [-0.2, -0.15) is 0 Å². The molecule has 0 aliphatic carbocycles. The van der Waals surface area contributed by atoms with Crippen LogP contribution in [0.1, 0.15) is 31.9 Å². The van der Waals surface area contributed by atoms with E-state index >= 15 is 0 Å². The molecule has 33 heavy (non-hydrogen) atoms. The van der Waals surface area contributed by atoms with Gasteiger partial charge in [-0.25, -0.2) is 4.79 Å². The van der Waals surface area contributed by atoms with Crippen molar-refractivity contribution < 1.29 is 31.4 Å². The van der Waals surface area contributed by atoms with Crippen molar-refractivity contribution in [2.45, 2.75) is 38.1 Å². The van der Waals surface area contributed by atoms with Gasteiger partial charge in [0.15, 0.2) is 11.8 Å². The van der Waals surface area contributed by atoms with Crippen LogP contribution in [-0.4, -0.2) is 42.8 Å². The second-order valence-corrected chi connectivity index (χ2v) is 7.31. The third-order valence-corrected chi connectivity index (χ3v) is 4.91. The van der Waals surface area contributed by atoms with E-state index in [0.717, 1.165) is 5.56 Å². The molecule has 0 spiro atoms. The van der Waals surface area contributed by atoms with Crippen LogP contribution in [0.4, 0.5) is 0 Å². The summed E-state index contributed by atoms with van der Waals surface area (Å²) in [6.45, 7) is -0.574. The number of rotatable bonds is 12. The van der Waals surface area contributed by atoms with E-state index in [0.29, 0.717) is 5.56 Å². The Morgan fingerprint density at radius 3 is 2.27 bits per heavy atom.